The molecule has 0 saturated heterocycles. The summed E-state index contributed by atoms with van der Waals surface area (Å²) >= 11 is 3.80. The van der Waals surface area contributed by atoms with Gasteiger partial charge in [-0.2, -0.15) is 0 Å². The number of benzene rings is 6. The molecule has 0 N–H and O–H groups in total. The maximum absolute atomic E-state index is 2.50. The van der Waals surface area contributed by atoms with E-state index in [1.165, 1.54) is 89.7 Å². The largest absolute Gasteiger partial charge is 0.309 e. The second-order valence-corrected chi connectivity index (χ2v) is 12.3. The molecule has 3 aromatic heterocycles. The van der Waals surface area contributed by atoms with Gasteiger partial charge in [0, 0.05) is 62.2 Å². The maximum Gasteiger partial charge on any atom is 0.0548 e. The molecule has 1 nitrogen and oxygen atoms in total. The maximum atomic E-state index is 2.50. The molecule has 0 bridgehead atoms. The average molecular weight is 504 g/mol. The first kappa shape index (κ1) is 19.0. The van der Waals surface area contributed by atoms with Crippen molar-refractivity contribution in [2.45, 2.75) is 0 Å². The van der Waals surface area contributed by atoms with Gasteiger partial charge in [-0.1, -0.05) is 54.6 Å². The first-order valence-electron chi connectivity index (χ1n) is 12.6. The molecular weight excluding hydrogens is 487 g/mol. The van der Waals surface area contributed by atoms with Crippen LogP contribution in [0.5, 0.6) is 0 Å². The average Bonchev–Trinajstić information content (AvgIpc) is 3.58. The van der Waals surface area contributed by atoms with Crippen LogP contribution in [0, 0.1) is 0 Å². The standard InChI is InChI=1S/C34H17NS2/c1-2-9-26-20(5-1)23-17-19(13-16-27(23)36-26)35-24-8-3-6-21-22-7-4-10-28-32(22)34-29(37-28)15-12-18-11-14-25(35)33(30(18)34)31(21)24/h1-17H. The summed E-state index contributed by atoms with van der Waals surface area (Å²) < 4.78 is 7.94. The lowest BCUT2D eigenvalue weighted by atomic mass is 9.98. The molecule has 37 heavy (non-hydrogen) atoms. The SMILES string of the molecule is c1ccc2c(c1)sc1ccc(-n3c4cccc5c4c4c6c(ccc7sc8cccc-5c8c76)ccc43)cc12. The fraction of sp³-hybridized carbons (Fsp3) is 0. The van der Waals surface area contributed by atoms with Gasteiger partial charge in [0.1, 0.15) is 0 Å². The molecule has 0 atom stereocenters. The molecule has 3 heteroatoms. The fourth-order valence-electron chi connectivity index (χ4n) is 6.85. The van der Waals surface area contributed by atoms with Crippen LogP contribution in [0.2, 0.25) is 0 Å². The Morgan fingerprint density at radius 3 is 2.11 bits per heavy atom. The van der Waals surface area contributed by atoms with Crippen molar-refractivity contribution in [1.82, 2.24) is 4.57 Å². The van der Waals surface area contributed by atoms with Gasteiger partial charge in [0.15, 0.2) is 0 Å². The van der Waals surface area contributed by atoms with E-state index in [2.05, 4.69) is 108 Å². The number of thiophene rings is 2. The summed E-state index contributed by atoms with van der Waals surface area (Å²) in [6.07, 6.45) is 0. The topological polar surface area (TPSA) is 4.93 Å². The van der Waals surface area contributed by atoms with Crippen LogP contribution in [0.3, 0.4) is 0 Å². The summed E-state index contributed by atoms with van der Waals surface area (Å²) in [5, 5.41) is 11.0. The quantitative estimate of drug-likeness (QED) is 0.210. The second-order valence-electron chi connectivity index (χ2n) is 10.1. The molecule has 10 rings (SSSR count). The van der Waals surface area contributed by atoms with Crippen molar-refractivity contribution in [1.29, 1.82) is 0 Å². The van der Waals surface area contributed by atoms with Crippen LogP contribution in [-0.2, 0) is 0 Å². The van der Waals surface area contributed by atoms with Gasteiger partial charge in [0.25, 0.3) is 0 Å². The summed E-state index contributed by atoms with van der Waals surface area (Å²) in [6.45, 7) is 0. The van der Waals surface area contributed by atoms with E-state index in [1.807, 2.05) is 22.7 Å². The van der Waals surface area contributed by atoms with Crippen molar-refractivity contribution in [3.63, 3.8) is 0 Å². The summed E-state index contributed by atoms with van der Waals surface area (Å²) in [6, 6.07) is 38.8. The Morgan fingerprint density at radius 2 is 1.14 bits per heavy atom. The summed E-state index contributed by atoms with van der Waals surface area (Å²) in [5.41, 5.74) is 6.49. The number of aromatic nitrogens is 1. The normalized spacial score (nSPS) is 12.9. The third kappa shape index (κ3) is 2.18. The summed E-state index contributed by atoms with van der Waals surface area (Å²) in [4.78, 5) is 0. The summed E-state index contributed by atoms with van der Waals surface area (Å²) in [7, 11) is 0. The van der Waals surface area contributed by atoms with Gasteiger partial charge in [-0.15, -0.1) is 22.7 Å². The Morgan fingerprint density at radius 1 is 0.432 bits per heavy atom. The van der Waals surface area contributed by atoms with Crippen LogP contribution in [0.15, 0.2) is 103 Å². The van der Waals surface area contributed by atoms with Crippen LogP contribution >= 0.6 is 22.7 Å². The van der Waals surface area contributed by atoms with Gasteiger partial charge < -0.3 is 4.57 Å². The van der Waals surface area contributed by atoms with Gasteiger partial charge in [-0.25, -0.2) is 0 Å². The molecular formula is C34H17NS2. The van der Waals surface area contributed by atoms with Gasteiger partial charge in [-0.05, 0) is 65.0 Å². The van der Waals surface area contributed by atoms with E-state index in [0.717, 1.165) is 0 Å². The Labute approximate surface area is 219 Å². The lowest BCUT2D eigenvalue weighted by Gasteiger charge is -2.11. The van der Waals surface area contributed by atoms with Gasteiger partial charge in [0.2, 0.25) is 0 Å². The smallest absolute Gasteiger partial charge is 0.0548 e. The van der Waals surface area contributed by atoms with Crippen LogP contribution in [0.25, 0.3) is 89.7 Å². The molecule has 3 heterocycles. The van der Waals surface area contributed by atoms with E-state index in [4.69, 9.17) is 0 Å². The number of hydrogen-bond donors (Lipinski definition) is 0. The highest BCUT2D eigenvalue weighted by Gasteiger charge is 2.25. The lowest BCUT2D eigenvalue weighted by Crippen LogP contribution is -1.94. The van der Waals surface area contributed by atoms with Gasteiger partial charge in [0.05, 0.1) is 11.0 Å². The number of hydrogen-bond acceptors (Lipinski definition) is 2. The zero-order valence-corrected chi connectivity index (χ0v) is 21.2. The van der Waals surface area contributed by atoms with Crippen LogP contribution in [0.1, 0.15) is 0 Å². The van der Waals surface area contributed by atoms with Crippen LogP contribution < -0.4 is 0 Å². The molecule has 0 radical (unpaired) electrons. The third-order valence-electron chi connectivity index (χ3n) is 8.31. The van der Waals surface area contributed by atoms with Crippen molar-refractivity contribution in [2.24, 2.45) is 0 Å². The Bertz CT molecular complexity index is 2470. The molecule has 0 amide bonds. The molecule has 9 aromatic rings. The molecule has 0 spiro atoms. The number of fused-ring (bicyclic) bond motifs is 4. The minimum absolute atomic E-state index is 1.23. The van der Waals surface area contributed by atoms with Crippen molar-refractivity contribution in [3.8, 4) is 16.8 Å². The molecule has 1 aliphatic carbocycles. The molecule has 0 saturated carbocycles. The fourth-order valence-corrected chi connectivity index (χ4v) is 9.08. The van der Waals surface area contributed by atoms with Crippen molar-refractivity contribution in [2.75, 3.05) is 0 Å². The van der Waals surface area contributed by atoms with Crippen molar-refractivity contribution < 1.29 is 0 Å². The van der Waals surface area contributed by atoms with E-state index in [9.17, 15) is 0 Å². The monoisotopic (exact) mass is 503 g/mol. The minimum atomic E-state index is 1.23. The second kappa shape index (κ2) is 6.38. The van der Waals surface area contributed by atoms with Gasteiger partial charge >= 0.3 is 0 Å². The first-order chi connectivity index (χ1) is 18.3. The van der Waals surface area contributed by atoms with E-state index in [0.29, 0.717) is 0 Å². The zero-order chi connectivity index (χ0) is 23.8. The Kier molecular flexibility index (Phi) is 3.28. The first-order valence-corrected chi connectivity index (χ1v) is 14.2. The number of nitrogens with zero attached hydrogens (tertiary/aromatic N) is 1. The van der Waals surface area contributed by atoms with E-state index in [-0.39, 0.29) is 0 Å². The Hall–Kier alpha value is -4.18. The zero-order valence-electron chi connectivity index (χ0n) is 19.6. The molecule has 6 aromatic carbocycles. The molecule has 0 unspecified atom stereocenters. The minimum Gasteiger partial charge on any atom is -0.309 e. The Balaban J connectivity index is 1.46. The molecule has 170 valence electrons. The van der Waals surface area contributed by atoms with E-state index in [1.54, 1.807) is 0 Å². The van der Waals surface area contributed by atoms with Crippen molar-refractivity contribution >= 4 is 95.6 Å². The van der Waals surface area contributed by atoms with E-state index >= 15 is 0 Å². The molecule has 1 aliphatic rings. The predicted octanol–water partition coefficient (Wildman–Crippen LogP) is 10.7. The van der Waals surface area contributed by atoms with Crippen LogP contribution in [-0.4, -0.2) is 4.57 Å². The molecule has 0 aliphatic heterocycles. The summed E-state index contributed by atoms with van der Waals surface area (Å²) in [5.74, 6) is 0. The lowest BCUT2D eigenvalue weighted by molar-refractivity contribution is 1.19. The third-order valence-corrected chi connectivity index (χ3v) is 10.6. The van der Waals surface area contributed by atoms with Crippen molar-refractivity contribution in [3.05, 3.63) is 103 Å². The highest BCUT2D eigenvalue weighted by atomic mass is 32.1. The molecule has 0 fully saturated rings. The van der Waals surface area contributed by atoms with Gasteiger partial charge in [-0.3, -0.25) is 0 Å². The highest BCUT2D eigenvalue weighted by Crippen LogP contribution is 2.52. The highest BCUT2D eigenvalue weighted by molar-refractivity contribution is 7.26. The van der Waals surface area contributed by atoms with E-state index < -0.39 is 0 Å². The number of rotatable bonds is 1. The van der Waals surface area contributed by atoms with Crippen LogP contribution in [0.4, 0.5) is 0 Å². The predicted molar refractivity (Wildman–Crippen MR) is 163 cm³/mol.